The summed E-state index contributed by atoms with van der Waals surface area (Å²) >= 11 is 0. The molecule has 3 atom stereocenters. The fourth-order valence-electron chi connectivity index (χ4n) is 3.70. The number of aliphatic hydroxyl groups is 1. The number of nitrogens with one attached hydrogen (secondary N) is 2. The zero-order chi connectivity index (χ0) is 21.1. The van der Waals surface area contributed by atoms with E-state index in [0.717, 1.165) is 30.4 Å². The summed E-state index contributed by atoms with van der Waals surface area (Å²) in [6.07, 6.45) is 2.70. The minimum absolute atomic E-state index is 0.0267. The predicted octanol–water partition coefficient (Wildman–Crippen LogP) is 4.05. The molecule has 158 valence electrons. The maximum atomic E-state index is 13.1. The van der Waals surface area contributed by atoms with Gasteiger partial charge in [0.15, 0.2) is 0 Å². The third-order valence-electron chi connectivity index (χ3n) is 5.62. The zero-order valence-corrected chi connectivity index (χ0v) is 18.0. The summed E-state index contributed by atoms with van der Waals surface area (Å²) in [6, 6.07) is 19.9. The van der Waals surface area contributed by atoms with Gasteiger partial charge in [0, 0.05) is 12.6 Å². The first-order chi connectivity index (χ1) is 14.1. The van der Waals surface area contributed by atoms with Crippen LogP contribution in [-0.4, -0.2) is 35.7 Å². The molecule has 0 aromatic heterocycles. The highest BCUT2D eigenvalue weighted by Crippen LogP contribution is 2.20. The fourth-order valence-corrected chi connectivity index (χ4v) is 3.70. The molecule has 2 aromatic carbocycles. The van der Waals surface area contributed by atoms with Crippen molar-refractivity contribution in [2.75, 3.05) is 6.54 Å². The average molecular weight is 397 g/mol. The Hall–Kier alpha value is -2.17. The SMILES string of the molecule is CCC(CC)NC[C@H](O)[C@H](Cc1ccccc1)NC(=O)C(CC)c1ccccc1. The highest BCUT2D eigenvalue weighted by Gasteiger charge is 2.26. The number of rotatable bonds is 12. The van der Waals surface area contributed by atoms with Gasteiger partial charge < -0.3 is 15.7 Å². The molecule has 2 aromatic rings. The molecule has 29 heavy (non-hydrogen) atoms. The fraction of sp³-hybridized carbons (Fsp3) is 0.480. The molecule has 0 radical (unpaired) electrons. The predicted molar refractivity (Wildman–Crippen MR) is 120 cm³/mol. The molecule has 0 fully saturated rings. The number of carbonyl (C=O) groups is 1. The van der Waals surface area contributed by atoms with Crippen molar-refractivity contribution in [1.82, 2.24) is 10.6 Å². The molecule has 0 aliphatic carbocycles. The van der Waals surface area contributed by atoms with E-state index in [2.05, 4.69) is 24.5 Å². The maximum Gasteiger partial charge on any atom is 0.227 e. The van der Waals surface area contributed by atoms with Crippen molar-refractivity contribution in [3.8, 4) is 0 Å². The summed E-state index contributed by atoms with van der Waals surface area (Å²) in [7, 11) is 0. The Morgan fingerprint density at radius 2 is 1.48 bits per heavy atom. The second-order valence-corrected chi connectivity index (χ2v) is 7.67. The number of hydrogen-bond donors (Lipinski definition) is 3. The molecule has 0 bridgehead atoms. The average Bonchev–Trinajstić information content (AvgIpc) is 2.76. The van der Waals surface area contributed by atoms with Gasteiger partial charge in [0.2, 0.25) is 5.91 Å². The molecule has 0 saturated carbocycles. The van der Waals surface area contributed by atoms with Gasteiger partial charge in [-0.25, -0.2) is 0 Å². The largest absolute Gasteiger partial charge is 0.390 e. The lowest BCUT2D eigenvalue weighted by Crippen LogP contribution is -2.51. The van der Waals surface area contributed by atoms with E-state index in [4.69, 9.17) is 0 Å². The van der Waals surface area contributed by atoms with Crippen LogP contribution in [-0.2, 0) is 11.2 Å². The van der Waals surface area contributed by atoms with Gasteiger partial charge in [-0.1, -0.05) is 81.4 Å². The van der Waals surface area contributed by atoms with Crippen LogP contribution < -0.4 is 10.6 Å². The number of hydrogen-bond acceptors (Lipinski definition) is 3. The first-order valence-corrected chi connectivity index (χ1v) is 10.9. The van der Waals surface area contributed by atoms with E-state index in [1.54, 1.807) is 0 Å². The van der Waals surface area contributed by atoms with Gasteiger partial charge >= 0.3 is 0 Å². The Morgan fingerprint density at radius 1 is 0.897 bits per heavy atom. The molecule has 1 amide bonds. The quantitative estimate of drug-likeness (QED) is 0.507. The molecular formula is C25H36N2O2. The highest BCUT2D eigenvalue weighted by atomic mass is 16.3. The van der Waals surface area contributed by atoms with E-state index >= 15 is 0 Å². The van der Waals surface area contributed by atoms with Crippen molar-refractivity contribution in [2.24, 2.45) is 0 Å². The number of aliphatic hydroxyl groups excluding tert-OH is 1. The van der Waals surface area contributed by atoms with Gasteiger partial charge in [0.05, 0.1) is 18.1 Å². The summed E-state index contributed by atoms with van der Waals surface area (Å²) in [4.78, 5) is 13.1. The zero-order valence-electron chi connectivity index (χ0n) is 18.0. The number of amides is 1. The van der Waals surface area contributed by atoms with Crippen molar-refractivity contribution >= 4 is 5.91 Å². The summed E-state index contributed by atoms with van der Waals surface area (Å²) in [5, 5.41) is 17.5. The normalized spacial score (nSPS) is 14.4. The summed E-state index contributed by atoms with van der Waals surface area (Å²) in [5.74, 6) is -0.241. The van der Waals surface area contributed by atoms with Crippen molar-refractivity contribution < 1.29 is 9.90 Å². The van der Waals surface area contributed by atoms with Gasteiger partial charge in [-0.05, 0) is 36.8 Å². The van der Waals surface area contributed by atoms with Crippen LogP contribution in [0.3, 0.4) is 0 Å². The topological polar surface area (TPSA) is 61.4 Å². The Labute approximate surface area is 175 Å². The van der Waals surface area contributed by atoms with Crippen LogP contribution >= 0.6 is 0 Å². The third-order valence-corrected chi connectivity index (χ3v) is 5.62. The van der Waals surface area contributed by atoms with Crippen molar-refractivity contribution in [2.45, 2.75) is 70.6 Å². The second-order valence-electron chi connectivity index (χ2n) is 7.67. The van der Waals surface area contributed by atoms with Crippen LogP contribution in [0, 0.1) is 0 Å². The van der Waals surface area contributed by atoms with Crippen LogP contribution in [0.1, 0.15) is 57.1 Å². The van der Waals surface area contributed by atoms with Crippen LogP contribution in [0.4, 0.5) is 0 Å². The smallest absolute Gasteiger partial charge is 0.227 e. The second kappa shape index (κ2) is 12.4. The number of benzene rings is 2. The van der Waals surface area contributed by atoms with Crippen LogP contribution in [0.2, 0.25) is 0 Å². The van der Waals surface area contributed by atoms with Crippen molar-refractivity contribution in [3.63, 3.8) is 0 Å². The standard InChI is InChI=1S/C25H36N2O2/c1-4-21(5-2)26-18-24(28)23(17-19-13-9-7-10-14-19)27-25(29)22(6-3)20-15-11-8-12-16-20/h7-16,21-24,26,28H,4-6,17-18H2,1-3H3,(H,27,29)/t22?,23-,24-/m0/s1. The Kier molecular flexibility index (Phi) is 9.89. The first kappa shape index (κ1) is 23.1. The van der Waals surface area contributed by atoms with E-state index < -0.39 is 6.10 Å². The molecule has 4 heteroatoms. The minimum atomic E-state index is -0.659. The monoisotopic (exact) mass is 396 g/mol. The van der Waals surface area contributed by atoms with Gasteiger partial charge in [-0.3, -0.25) is 4.79 Å². The van der Waals surface area contributed by atoms with E-state index in [-0.39, 0.29) is 17.9 Å². The van der Waals surface area contributed by atoms with E-state index in [0.29, 0.717) is 19.0 Å². The minimum Gasteiger partial charge on any atom is -0.390 e. The Balaban J connectivity index is 2.11. The molecule has 0 spiro atoms. The third kappa shape index (κ3) is 7.30. The van der Waals surface area contributed by atoms with Crippen LogP contribution in [0.5, 0.6) is 0 Å². The Morgan fingerprint density at radius 3 is 2.03 bits per heavy atom. The first-order valence-electron chi connectivity index (χ1n) is 10.9. The molecule has 1 unspecified atom stereocenters. The molecular weight excluding hydrogens is 360 g/mol. The number of carbonyl (C=O) groups excluding carboxylic acids is 1. The Bertz CT molecular complexity index is 701. The highest BCUT2D eigenvalue weighted by molar-refractivity contribution is 5.83. The van der Waals surface area contributed by atoms with Crippen LogP contribution in [0.15, 0.2) is 60.7 Å². The molecule has 4 nitrogen and oxygen atoms in total. The van der Waals surface area contributed by atoms with Gasteiger partial charge in [0.25, 0.3) is 0 Å². The molecule has 0 aliphatic heterocycles. The lowest BCUT2D eigenvalue weighted by Gasteiger charge is -2.28. The van der Waals surface area contributed by atoms with Gasteiger partial charge in [-0.2, -0.15) is 0 Å². The summed E-state index contributed by atoms with van der Waals surface area (Å²) < 4.78 is 0. The van der Waals surface area contributed by atoms with Gasteiger partial charge in [0.1, 0.15) is 0 Å². The van der Waals surface area contributed by atoms with Gasteiger partial charge in [-0.15, -0.1) is 0 Å². The van der Waals surface area contributed by atoms with Crippen molar-refractivity contribution in [3.05, 3.63) is 71.8 Å². The summed E-state index contributed by atoms with van der Waals surface area (Å²) in [6.45, 7) is 6.77. The van der Waals surface area contributed by atoms with E-state index in [1.807, 2.05) is 67.6 Å². The molecule has 2 rings (SSSR count). The van der Waals surface area contributed by atoms with Crippen LogP contribution in [0.25, 0.3) is 0 Å². The molecule has 0 aliphatic rings. The summed E-state index contributed by atoms with van der Waals surface area (Å²) in [5.41, 5.74) is 2.11. The molecule has 0 saturated heterocycles. The maximum absolute atomic E-state index is 13.1. The lowest BCUT2D eigenvalue weighted by molar-refractivity contribution is -0.124. The molecule has 3 N–H and O–H groups in total. The lowest BCUT2D eigenvalue weighted by atomic mass is 9.94. The van der Waals surface area contributed by atoms with E-state index in [1.165, 1.54) is 0 Å². The molecule has 0 heterocycles. The van der Waals surface area contributed by atoms with E-state index in [9.17, 15) is 9.90 Å². The van der Waals surface area contributed by atoms with Crippen molar-refractivity contribution in [1.29, 1.82) is 0 Å².